The van der Waals surface area contributed by atoms with Gasteiger partial charge in [0.05, 0.1) is 10.6 Å². The Hall–Kier alpha value is -1.86. The third-order valence-corrected chi connectivity index (χ3v) is 3.72. The second kappa shape index (κ2) is 5.02. The van der Waals surface area contributed by atoms with Crippen molar-refractivity contribution >= 4 is 15.7 Å². The van der Waals surface area contributed by atoms with Gasteiger partial charge >= 0.3 is 0 Å². The number of hydrogen-bond donors (Lipinski definition) is 2. The van der Waals surface area contributed by atoms with E-state index in [9.17, 15) is 8.42 Å². The second-order valence-electron chi connectivity index (χ2n) is 4.23. The number of aryl methyl sites for hydroxylation is 2. The zero-order valence-corrected chi connectivity index (χ0v) is 11.5. The Morgan fingerprint density at radius 1 is 1.37 bits per heavy atom. The van der Waals surface area contributed by atoms with Crippen LogP contribution in [0.25, 0.3) is 0 Å². The molecule has 0 amide bonds. The molecule has 102 valence electrons. The van der Waals surface area contributed by atoms with E-state index < -0.39 is 10.0 Å². The number of hydrogen-bond acceptors (Lipinski definition) is 5. The van der Waals surface area contributed by atoms with Gasteiger partial charge in [0.2, 0.25) is 10.0 Å². The van der Waals surface area contributed by atoms with Gasteiger partial charge in [0.1, 0.15) is 5.76 Å². The van der Waals surface area contributed by atoms with Crippen molar-refractivity contribution < 1.29 is 12.9 Å². The Bertz CT molecular complexity index is 672. The first kappa shape index (κ1) is 13.6. The molecule has 0 aliphatic heterocycles. The molecule has 1 aromatic heterocycles. The monoisotopic (exact) mass is 281 g/mol. The average Bonchev–Trinajstić information content (AvgIpc) is 2.66. The van der Waals surface area contributed by atoms with Crippen LogP contribution in [0, 0.1) is 13.8 Å². The first-order valence-electron chi connectivity index (χ1n) is 5.66. The first-order valence-corrected chi connectivity index (χ1v) is 7.21. The molecule has 0 fully saturated rings. The predicted molar refractivity (Wildman–Crippen MR) is 71.1 cm³/mol. The summed E-state index contributed by atoms with van der Waals surface area (Å²) >= 11 is 0. The molecule has 0 atom stereocenters. The van der Waals surface area contributed by atoms with Crippen molar-refractivity contribution in [2.45, 2.75) is 25.3 Å². The van der Waals surface area contributed by atoms with Crippen molar-refractivity contribution in [1.29, 1.82) is 0 Å². The molecule has 0 aliphatic rings. The summed E-state index contributed by atoms with van der Waals surface area (Å²) in [7, 11) is -3.68. The van der Waals surface area contributed by atoms with Gasteiger partial charge in [-0.25, -0.2) is 13.6 Å². The first-order chi connectivity index (χ1) is 8.88. The predicted octanol–water partition coefficient (Wildman–Crippen LogP) is 1.55. The Morgan fingerprint density at radius 3 is 2.68 bits per heavy atom. The van der Waals surface area contributed by atoms with E-state index in [4.69, 9.17) is 9.66 Å². The summed E-state index contributed by atoms with van der Waals surface area (Å²) in [6.45, 7) is 4.20. The van der Waals surface area contributed by atoms with Gasteiger partial charge < -0.3 is 9.84 Å². The molecule has 6 nitrogen and oxygen atoms in total. The highest BCUT2D eigenvalue weighted by Crippen LogP contribution is 2.17. The minimum atomic E-state index is -3.68. The number of anilines is 1. The van der Waals surface area contributed by atoms with Crippen LogP contribution < -0.4 is 10.5 Å². The van der Waals surface area contributed by atoms with Crippen molar-refractivity contribution in [1.82, 2.24) is 5.16 Å². The lowest BCUT2D eigenvalue weighted by Gasteiger charge is -2.07. The Kier molecular flexibility index (Phi) is 3.59. The van der Waals surface area contributed by atoms with Crippen LogP contribution in [0.3, 0.4) is 0 Å². The number of nitrogens with one attached hydrogen (secondary N) is 1. The fraction of sp³-hybridized carbons (Fsp3) is 0.250. The van der Waals surface area contributed by atoms with E-state index in [-0.39, 0.29) is 4.90 Å². The van der Waals surface area contributed by atoms with E-state index in [1.807, 2.05) is 13.8 Å². The summed E-state index contributed by atoms with van der Waals surface area (Å²) in [5.74, 6) is 0.743. The molecule has 0 bridgehead atoms. The maximum Gasteiger partial charge on any atom is 0.238 e. The standard InChI is InChI=1S/C12H15N3O3S/c1-8-12(9(2)18-15-8)7-14-10-4-3-5-11(6-10)19(13,16)17/h3-6,14H,7H2,1-2H3,(H2,13,16,17). The number of nitrogens with two attached hydrogens (primary N) is 1. The highest BCUT2D eigenvalue weighted by molar-refractivity contribution is 7.89. The molecule has 19 heavy (non-hydrogen) atoms. The number of nitrogens with zero attached hydrogens (tertiary/aromatic N) is 1. The quantitative estimate of drug-likeness (QED) is 0.886. The minimum absolute atomic E-state index is 0.0799. The molecule has 2 aromatic rings. The fourth-order valence-electron chi connectivity index (χ4n) is 1.73. The van der Waals surface area contributed by atoms with Crippen molar-refractivity contribution in [2.24, 2.45) is 5.14 Å². The van der Waals surface area contributed by atoms with Crippen LogP contribution in [0.4, 0.5) is 5.69 Å². The molecule has 1 aromatic carbocycles. The van der Waals surface area contributed by atoms with Crippen LogP contribution in [0.15, 0.2) is 33.7 Å². The van der Waals surface area contributed by atoms with Crippen molar-refractivity contribution in [3.05, 3.63) is 41.3 Å². The summed E-state index contributed by atoms with van der Waals surface area (Å²) in [6.07, 6.45) is 0. The lowest BCUT2D eigenvalue weighted by molar-refractivity contribution is 0.392. The van der Waals surface area contributed by atoms with Crippen LogP contribution in [0.1, 0.15) is 17.0 Å². The smallest absolute Gasteiger partial charge is 0.238 e. The third-order valence-electron chi connectivity index (χ3n) is 2.81. The van der Waals surface area contributed by atoms with E-state index in [0.29, 0.717) is 12.2 Å². The molecule has 1 heterocycles. The SMILES string of the molecule is Cc1noc(C)c1CNc1cccc(S(N)(=O)=O)c1. The molecular weight excluding hydrogens is 266 g/mol. The maximum atomic E-state index is 11.3. The summed E-state index contributed by atoms with van der Waals surface area (Å²) in [4.78, 5) is 0.0799. The van der Waals surface area contributed by atoms with Crippen LogP contribution in [-0.2, 0) is 16.6 Å². The number of primary sulfonamides is 1. The van der Waals surface area contributed by atoms with Gasteiger partial charge in [-0.2, -0.15) is 0 Å². The highest BCUT2D eigenvalue weighted by atomic mass is 32.2. The van der Waals surface area contributed by atoms with Gasteiger partial charge in [-0.05, 0) is 32.0 Å². The Labute approximate surface area is 111 Å². The summed E-state index contributed by atoms with van der Waals surface area (Å²) in [5.41, 5.74) is 2.44. The van der Waals surface area contributed by atoms with Crippen LogP contribution in [0.5, 0.6) is 0 Å². The second-order valence-corrected chi connectivity index (χ2v) is 5.79. The molecule has 3 N–H and O–H groups in total. The van der Waals surface area contributed by atoms with Gasteiger partial charge in [-0.1, -0.05) is 11.2 Å². The average molecular weight is 281 g/mol. The van der Waals surface area contributed by atoms with Crippen LogP contribution in [-0.4, -0.2) is 13.6 Å². The van der Waals surface area contributed by atoms with Crippen molar-refractivity contribution in [2.75, 3.05) is 5.32 Å². The molecule has 0 radical (unpaired) electrons. The topological polar surface area (TPSA) is 98.2 Å². The van der Waals surface area contributed by atoms with Crippen molar-refractivity contribution in [3.63, 3.8) is 0 Å². The van der Waals surface area contributed by atoms with Gasteiger partial charge in [0.25, 0.3) is 0 Å². The largest absolute Gasteiger partial charge is 0.381 e. The molecule has 0 unspecified atom stereocenters. The zero-order valence-electron chi connectivity index (χ0n) is 10.7. The van der Waals surface area contributed by atoms with Crippen LogP contribution >= 0.6 is 0 Å². The molecule has 7 heteroatoms. The molecule has 0 spiro atoms. The number of sulfonamides is 1. The van der Waals surface area contributed by atoms with Gasteiger partial charge in [-0.15, -0.1) is 0 Å². The van der Waals surface area contributed by atoms with E-state index >= 15 is 0 Å². The summed E-state index contributed by atoms with van der Waals surface area (Å²) in [5, 5.41) is 12.1. The molecule has 0 aliphatic carbocycles. The number of benzene rings is 1. The molecule has 0 saturated heterocycles. The molecule has 0 saturated carbocycles. The van der Waals surface area contributed by atoms with Crippen LogP contribution in [0.2, 0.25) is 0 Å². The molecule has 2 rings (SSSR count). The minimum Gasteiger partial charge on any atom is -0.381 e. The van der Waals surface area contributed by atoms with E-state index in [1.54, 1.807) is 12.1 Å². The summed E-state index contributed by atoms with van der Waals surface area (Å²) < 4.78 is 27.6. The normalized spacial score (nSPS) is 11.5. The van der Waals surface area contributed by atoms with Crippen molar-refractivity contribution in [3.8, 4) is 0 Å². The van der Waals surface area contributed by atoms with Gasteiger partial charge in [0.15, 0.2) is 0 Å². The van der Waals surface area contributed by atoms with Gasteiger partial charge in [-0.3, -0.25) is 0 Å². The number of aromatic nitrogens is 1. The van der Waals surface area contributed by atoms with E-state index in [1.165, 1.54) is 12.1 Å². The van der Waals surface area contributed by atoms with E-state index in [0.717, 1.165) is 17.0 Å². The molecular formula is C12H15N3O3S. The zero-order chi connectivity index (χ0) is 14.0. The lowest BCUT2D eigenvalue weighted by Crippen LogP contribution is -2.12. The lowest BCUT2D eigenvalue weighted by atomic mass is 10.2. The highest BCUT2D eigenvalue weighted by Gasteiger charge is 2.10. The van der Waals surface area contributed by atoms with E-state index in [2.05, 4.69) is 10.5 Å². The number of rotatable bonds is 4. The Morgan fingerprint density at radius 2 is 2.11 bits per heavy atom. The maximum absolute atomic E-state index is 11.3. The summed E-state index contributed by atoms with van der Waals surface area (Å²) in [6, 6.07) is 6.35. The van der Waals surface area contributed by atoms with Gasteiger partial charge in [0, 0.05) is 17.8 Å². The Balaban J connectivity index is 2.17. The fourth-order valence-corrected chi connectivity index (χ4v) is 2.29. The third kappa shape index (κ3) is 3.12.